The number of carbonyl (C=O) groups is 1. The minimum atomic E-state index is -1.09. The maximum atomic E-state index is 15.7. The fourth-order valence-corrected chi connectivity index (χ4v) is 6.10. The Morgan fingerprint density at radius 2 is 1.85 bits per heavy atom. The average Bonchev–Trinajstić information content (AvgIpc) is 3.77. The molecule has 2 saturated heterocycles. The number of ether oxygens (including phenoxy) is 3. The standard InChI is InChI=1S/C34H25F3N4O5/c35-24-10-18(15-38)4-5-20(24)16-45-32-3-1-2-27(40-32)23-14-25(36)21(11-26(23)37)13-31-39-28-7-6-19(33(42)43)12-29(28)41(31)30-17-46-34-22(30)8-9-44-34/h1-7,10-12,14,22,30,34H,8-9,13,16-17H2,(H,42,43)/t22-,30+,34+/m0/s1. The fourth-order valence-electron chi connectivity index (χ4n) is 6.10. The van der Waals surface area contributed by atoms with Crippen molar-refractivity contribution < 1.29 is 37.3 Å². The van der Waals surface area contributed by atoms with Crippen molar-refractivity contribution >= 4 is 17.0 Å². The number of hydrogen-bond acceptors (Lipinski definition) is 7. The maximum Gasteiger partial charge on any atom is 0.335 e. The second kappa shape index (κ2) is 11.9. The molecule has 3 aromatic carbocycles. The molecule has 2 aliphatic heterocycles. The number of carboxylic acid groups (broad SMARTS) is 1. The molecule has 0 radical (unpaired) electrons. The molecule has 7 rings (SSSR count). The molecule has 4 heterocycles. The van der Waals surface area contributed by atoms with Crippen LogP contribution in [0.1, 0.15) is 45.3 Å². The van der Waals surface area contributed by atoms with Gasteiger partial charge in [0.1, 0.15) is 29.9 Å². The van der Waals surface area contributed by atoms with Crippen molar-refractivity contribution in [3.8, 4) is 23.2 Å². The summed E-state index contributed by atoms with van der Waals surface area (Å²) >= 11 is 0. The third-order valence-corrected chi connectivity index (χ3v) is 8.39. The zero-order chi connectivity index (χ0) is 31.9. The number of fused-ring (bicyclic) bond motifs is 2. The predicted octanol–water partition coefficient (Wildman–Crippen LogP) is 6.19. The van der Waals surface area contributed by atoms with Crippen LogP contribution in [-0.4, -0.2) is 45.1 Å². The summed E-state index contributed by atoms with van der Waals surface area (Å²) in [7, 11) is 0. The van der Waals surface area contributed by atoms with Crippen molar-refractivity contribution in [2.75, 3.05) is 13.2 Å². The number of benzene rings is 3. The number of nitrogens with zero attached hydrogens (tertiary/aromatic N) is 4. The Hall–Kier alpha value is -5.25. The maximum absolute atomic E-state index is 15.7. The van der Waals surface area contributed by atoms with Crippen LogP contribution in [0, 0.1) is 34.7 Å². The number of carboxylic acids is 1. The highest BCUT2D eigenvalue weighted by molar-refractivity contribution is 5.92. The smallest absolute Gasteiger partial charge is 0.335 e. The third-order valence-electron chi connectivity index (χ3n) is 8.39. The molecule has 0 spiro atoms. The van der Waals surface area contributed by atoms with Crippen LogP contribution in [0.15, 0.2) is 66.7 Å². The Labute approximate surface area is 260 Å². The Morgan fingerprint density at radius 3 is 2.65 bits per heavy atom. The van der Waals surface area contributed by atoms with E-state index in [2.05, 4.69) is 4.98 Å². The van der Waals surface area contributed by atoms with E-state index in [1.165, 1.54) is 36.4 Å². The molecule has 12 heteroatoms. The normalized spacial score (nSPS) is 18.9. The first-order valence-corrected chi connectivity index (χ1v) is 14.5. The fraction of sp³-hybridized carbons (Fsp3) is 0.235. The first-order valence-electron chi connectivity index (χ1n) is 14.5. The largest absolute Gasteiger partial charge is 0.478 e. The summed E-state index contributed by atoms with van der Waals surface area (Å²) in [5.41, 5.74) is 1.64. The average molecular weight is 627 g/mol. The third kappa shape index (κ3) is 5.44. The quantitative estimate of drug-likeness (QED) is 0.217. The van der Waals surface area contributed by atoms with Gasteiger partial charge in [-0.3, -0.25) is 0 Å². The number of aromatic nitrogens is 3. The van der Waals surface area contributed by atoms with Crippen molar-refractivity contribution in [1.82, 2.24) is 14.5 Å². The van der Waals surface area contributed by atoms with Gasteiger partial charge in [-0.25, -0.2) is 27.9 Å². The van der Waals surface area contributed by atoms with Gasteiger partial charge in [0.2, 0.25) is 5.88 Å². The summed E-state index contributed by atoms with van der Waals surface area (Å²) in [4.78, 5) is 20.7. The van der Waals surface area contributed by atoms with Gasteiger partial charge >= 0.3 is 5.97 Å². The molecule has 1 N–H and O–H groups in total. The number of nitriles is 1. The molecular weight excluding hydrogens is 601 g/mol. The van der Waals surface area contributed by atoms with Gasteiger partial charge < -0.3 is 23.9 Å². The number of pyridine rings is 1. The van der Waals surface area contributed by atoms with Crippen LogP contribution in [0.4, 0.5) is 13.2 Å². The van der Waals surface area contributed by atoms with Crippen molar-refractivity contribution in [3.63, 3.8) is 0 Å². The number of halogens is 3. The molecule has 0 unspecified atom stereocenters. The predicted molar refractivity (Wildman–Crippen MR) is 157 cm³/mol. The molecular formula is C34H25F3N4O5. The van der Waals surface area contributed by atoms with Gasteiger partial charge in [-0.2, -0.15) is 5.26 Å². The van der Waals surface area contributed by atoms with E-state index < -0.39 is 23.4 Å². The van der Waals surface area contributed by atoms with Gasteiger partial charge in [-0.05, 0) is 60.5 Å². The van der Waals surface area contributed by atoms with E-state index in [0.29, 0.717) is 30.1 Å². The molecule has 0 aliphatic carbocycles. The lowest BCUT2D eigenvalue weighted by molar-refractivity contribution is -0.0905. The summed E-state index contributed by atoms with van der Waals surface area (Å²) < 4.78 is 64.6. The van der Waals surface area contributed by atoms with E-state index in [-0.39, 0.29) is 70.7 Å². The van der Waals surface area contributed by atoms with Gasteiger partial charge in [-0.1, -0.05) is 12.1 Å². The molecule has 232 valence electrons. The summed E-state index contributed by atoms with van der Waals surface area (Å²) in [5, 5.41) is 18.5. The highest BCUT2D eigenvalue weighted by Crippen LogP contribution is 2.41. The first-order chi connectivity index (χ1) is 22.3. The van der Waals surface area contributed by atoms with Gasteiger partial charge in [0.25, 0.3) is 0 Å². The minimum absolute atomic E-state index is 0.00238. The summed E-state index contributed by atoms with van der Waals surface area (Å²) in [6.45, 7) is 0.656. The second-order valence-corrected chi connectivity index (χ2v) is 11.2. The Morgan fingerprint density at radius 1 is 1.00 bits per heavy atom. The van der Waals surface area contributed by atoms with Gasteiger partial charge in [0.15, 0.2) is 6.29 Å². The van der Waals surface area contributed by atoms with Crippen molar-refractivity contribution in [3.05, 3.63) is 112 Å². The lowest BCUT2D eigenvalue weighted by Crippen LogP contribution is -2.21. The van der Waals surface area contributed by atoms with Crippen LogP contribution in [0.3, 0.4) is 0 Å². The zero-order valence-corrected chi connectivity index (χ0v) is 24.1. The van der Waals surface area contributed by atoms with Gasteiger partial charge in [0, 0.05) is 29.5 Å². The van der Waals surface area contributed by atoms with E-state index in [1.807, 2.05) is 10.6 Å². The van der Waals surface area contributed by atoms with E-state index in [0.717, 1.165) is 24.6 Å². The van der Waals surface area contributed by atoms with E-state index in [4.69, 9.17) is 24.5 Å². The van der Waals surface area contributed by atoms with Gasteiger partial charge in [0.05, 0.1) is 53.2 Å². The number of rotatable bonds is 8. The lowest BCUT2D eigenvalue weighted by atomic mass is 9.99. The highest BCUT2D eigenvalue weighted by atomic mass is 19.1. The van der Waals surface area contributed by atoms with Crippen LogP contribution in [-0.2, 0) is 22.5 Å². The molecule has 0 saturated carbocycles. The van der Waals surface area contributed by atoms with Crippen molar-refractivity contribution in [2.45, 2.75) is 31.8 Å². The second-order valence-electron chi connectivity index (χ2n) is 11.2. The molecule has 9 nitrogen and oxygen atoms in total. The molecule has 46 heavy (non-hydrogen) atoms. The topological polar surface area (TPSA) is 119 Å². The van der Waals surface area contributed by atoms with E-state index in [9.17, 15) is 14.3 Å². The van der Waals surface area contributed by atoms with Crippen LogP contribution in [0.2, 0.25) is 0 Å². The summed E-state index contributed by atoms with van der Waals surface area (Å²) in [5.74, 6) is -2.58. The first kappa shape index (κ1) is 29.5. The summed E-state index contributed by atoms with van der Waals surface area (Å²) in [6.07, 6.45) is 0.284. The Bertz CT molecular complexity index is 2040. The van der Waals surface area contributed by atoms with Crippen LogP contribution in [0.5, 0.6) is 5.88 Å². The molecule has 2 aliphatic rings. The minimum Gasteiger partial charge on any atom is -0.478 e. The molecule has 2 aromatic heterocycles. The molecule has 0 amide bonds. The van der Waals surface area contributed by atoms with Crippen molar-refractivity contribution in [1.29, 1.82) is 5.26 Å². The number of aromatic carboxylic acids is 1. The van der Waals surface area contributed by atoms with Gasteiger partial charge in [-0.15, -0.1) is 0 Å². The van der Waals surface area contributed by atoms with E-state index >= 15 is 8.78 Å². The van der Waals surface area contributed by atoms with E-state index in [1.54, 1.807) is 12.1 Å². The number of hydrogen-bond donors (Lipinski definition) is 1. The highest BCUT2D eigenvalue weighted by Gasteiger charge is 2.43. The molecule has 3 atom stereocenters. The monoisotopic (exact) mass is 626 g/mol. The number of imidazole rings is 1. The van der Waals surface area contributed by atoms with Crippen LogP contribution >= 0.6 is 0 Å². The zero-order valence-electron chi connectivity index (χ0n) is 24.1. The lowest BCUT2D eigenvalue weighted by Gasteiger charge is -2.21. The van der Waals surface area contributed by atoms with Crippen LogP contribution < -0.4 is 4.74 Å². The summed E-state index contributed by atoms with van der Waals surface area (Å²) in [6, 6.07) is 17.0. The molecule has 5 aromatic rings. The molecule has 0 bridgehead atoms. The Kier molecular flexibility index (Phi) is 7.64. The Balaban J connectivity index is 1.18. The van der Waals surface area contributed by atoms with Crippen molar-refractivity contribution in [2.24, 2.45) is 5.92 Å². The SMILES string of the molecule is N#Cc1ccc(COc2cccc(-c3cc(F)c(Cc4nc5ccc(C(=O)O)cc5n4[C@@H]4CO[C@H]5OCC[C@H]54)cc3F)n2)c(F)c1. The van der Waals surface area contributed by atoms with Crippen LogP contribution in [0.25, 0.3) is 22.3 Å². The molecule has 2 fully saturated rings.